The zero-order valence-electron chi connectivity index (χ0n) is 16.4. The topological polar surface area (TPSA) is 177 Å². The highest BCUT2D eigenvalue weighted by Gasteiger charge is 2.29. The third-order valence-electron chi connectivity index (χ3n) is 4.33. The standard InChI is InChI=1S/C17H33N5O5S/c1-3-10(2)14(17(26)27)22-16(25)12(6-4-5-7-18)21-13(23)8-20-15(24)11(19)9-28/h10-12,14,28H,3-9,18-19H2,1-2H3,(H,20,24)(H,21,23)(H,22,25)(H,26,27). The van der Waals surface area contributed by atoms with Crippen molar-refractivity contribution in [2.24, 2.45) is 17.4 Å². The Kier molecular flexibility index (Phi) is 13.3. The van der Waals surface area contributed by atoms with E-state index in [0.29, 0.717) is 32.2 Å². The van der Waals surface area contributed by atoms with Crippen molar-refractivity contribution in [3.05, 3.63) is 0 Å². The second-order valence-corrected chi connectivity index (χ2v) is 6.99. The van der Waals surface area contributed by atoms with Crippen molar-refractivity contribution >= 4 is 36.3 Å². The maximum Gasteiger partial charge on any atom is 0.326 e. The number of nitrogens with two attached hydrogens (primary N) is 2. The molecule has 28 heavy (non-hydrogen) atoms. The van der Waals surface area contributed by atoms with Gasteiger partial charge in [-0.15, -0.1) is 0 Å². The van der Waals surface area contributed by atoms with Gasteiger partial charge in [-0.25, -0.2) is 4.79 Å². The molecule has 0 saturated heterocycles. The van der Waals surface area contributed by atoms with Crippen LogP contribution >= 0.6 is 12.6 Å². The smallest absolute Gasteiger partial charge is 0.326 e. The summed E-state index contributed by atoms with van der Waals surface area (Å²) in [6, 6.07) is -2.83. The van der Waals surface area contributed by atoms with Crippen molar-refractivity contribution in [3.8, 4) is 0 Å². The Morgan fingerprint density at radius 3 is 2.25 bits per heavy atom. The van der Waals surface area contributed by atoms with Crippen molar-refractivity contribution in [1.82, 2.24) is 16.0 Å². The average molecular weight is 420 g/mol. The molecular weight excluding hydrogens is 386 g/mol. The van der Waals surface area contributed by atoms with Gasteiger partial charge in [-0.1, -0.05) is 20.3 Å². The molecule has 0 aromatic rings. The number of hydrogen-bond donors (Lipinski definition) is 7. The number of amides is 3. The van der Waals surface area contributed by atoms with Gasteiger partial charge in [-0.05, 0) is 31.7 Å². The van der Waals surface area contributed by atoms with Crippen LogP contribution in [0.3, 0.4) is 0 Å². The van der Waals surface area contributed by atoms with Crippen molar-refractivity contribution in [1.29, 1.82) is 0 Å². The predicted octanol–water partition coefficient (Wildman–Crippen LogP) is -1.41. The molecule has 0 saturated carbocycles. The Hall–Kier alpha value is -1.85. The summed E-state index contributed by atoms with van der Waals surface area (Å²) in [5.74, 6) is -2.98. The zero-order chi connectivity index (χ0) is 21.7. The number of rotatable bonds is 14. The molecule has 0 aliphatic rings. The van der Waals surface area contributed by atoms with E-state index in [2.05, 4.69) is 28.6 Å². The minimum absolute atomic E-state index is 0.129. The lowest BCUT2D eigenvalue weighted by Gasteiger charge is -2.24. The number of hydrogen-bond acceptors (Lipinski definition) is 7. The lowest BCUT2D eigenvalue weighted by Crippen LogP contribution is -2.55. The zero-order valence-corrected chi connectivity index (χ0v) is 17.3. The van der Waals surface area contributed by atoms with E-state index < -0.39 is 41.8 Å². The lowest BCUT2D eigenvalue weighted by molar-refractivity contribution is -0.143. The third-order valence-corrected chi connectivity index (χ3v) is 4.73. The molecular formula is C17H33N5O5S. The number of nitrogens with one attached hydrogen (secondary N) is 3. The fourth-order valence-electron chi connectivity index (χ4n) is 2.33. The minimum Gasteiger partial charge on any atom is -0.480 e. The van der Waals surface area contributed by atoms with Crippen LogP contribution in [-0.2, 0) is 19.2 Å². The van der Waals surface area contributed by atoms with Crippen LogP contribution in [0.15, 0.2) is 0 Å². The van der Waals surface area contributed by atoms with Crippen molar-refractivity contribution in [2.75, 3.05) is 18.8 Å². The minimum atomic E-state index is -1.14. The molecule has 0 bridgehead atoms. The number of thiol groups is 1. The highest BCUT2D eigenvalue weighted by Crippen LogP contribution is 2.09. The first kappa shape index (κ1) is 26.1. The second-order valence-electron chi connectivity index (χ2n) is 6.62. The molecule has 0 heterocycles. The first-order valence-corrected chi connectivity index (χ1v) is 9.97. The summed E-state index contributed by atoms with van der Waals surface area (Å²) in [4.78, 5) is 47.7. The fraction of sp³-hybridized carbons (Fsp3) is 0.765. The summed E-state index contributed by atoms with van der Waals surface area (Å²) >= 11 is 3.90. The number of carboxylic acids is 1. The number of carbonyl (C=O) groups is 4. The third kappa shape index (κ3) is 9.90. The van der Waals surface area contributed by atoms with E-state index in [1.54, 1.807) is 6.92 Å². The van der Waals surface area contributed by atoms with E-state index in [0.717, 1.165) is 0 Å². The van der Waals surface area contributed by atoms with Crippen LogP contribution < -0.4 is 27.4 Å². The molecule has 4 atom stereocenters. The lowest BCUT2D eigenvalue weighted by atomic mass is 9.98. The van der Waals surface area contributed by atoms with E-state index in [4.69, 9.17) is 11.5 Å². The number of aliphatic carboxylic acids is 1. The summed E-state index contributed by atoms with van der Waals surface area (Å²) in [6.45, 7) is 3.63. The number of carboxylic acid groups (broad SMARTS) is 1. The van der Waals surface area contributed by atoms with Crippen molar-refractivity contribution < 1.29 is 24.3 Å². The Bertz CT molecular complexity index is 534. The van der Waals surface area contributed by atoms with Crippen LogP contribution in [0.2, 0.25) is 0 Å². The molecule has 0 aromatic carbocycles. The van der Waals surface area contributed by atoms with Crippen LogP contribution in [0, 0.1) is 5.92 Å². The average Bonchev–Trinajstić information content (AvgIpc) is 2.67. The molecule has 162 valence electrons. The Morgan fingerprint density at radius 1 is 1.11 bits per heavy atom. The molecule has 8 N–H and O–H groups in total. The van der Waals surface area contributed by atoms with Gasteiger partial charge in [-0.3, -0.25) is 14.4 Å². The molecule has 3 amide bonds. The van der Waals surface area contributed by atoms with Crippen LogP contribution in [0.25, 0.3) is 0 Å². The predicted molar refractivity (Wildman–Crippen MR) is 109 cm³/mol. The van der Waals surface area contributed by atoms with E-state index in [9.17, 15) is 24.3 Å². The first-order chi connectivity index (χ1) is 13.2. The molecule has 0 fully saturated rings. The summed E-state index contributed by atoms with van der Waals surface area (Å²) in [5.41, 5.74) is 11.0. The highest BCUT2D eigenvalue weighted by molar-refractivity contribution is 7.80. The van der Waals surface area contributed by atoms with Crippen LogP contribution in [0.4, 0.5) is 0 Å². The highest BCUT2D eigenvalue weighted by atomic mass is 32.1. The normalized spacial score (nSPS) is 15.0. The Labute approximate surface area is 171 Å². The van der Waals surface area contributed by atoms with Gasteiger partial charge in [0, 0.05) is 5.75 Å². The largest absolute Gasteiger partial charge is 0.480 e. The Morgan fingerprint density at radius 2 is 1.75 bits per heavy atom. The number of carbonyl (C=O) groups excluding carboxylic acids is 3. The van der Waals surface area contributed by atoms with E-state index in [1.165, 1.54) is 0 Å². The van der Waals surface area contributed by atoms with Gasteiger partial charge in [0.25, 0.3) is 0 Å². The molecule has 0 radical (unpaired) electrons. The molecule has 4 unspecified atom stereocenters. The van der Waals surface area contributed by atoms with Gasteiger partial charge < -0.3 is 32.5 Å². The number of unbranched alkanes of at least 4 members (excludes halogenated alkanes) is 1. The van der Waals surface area contributed by atoms with Crippen LogP contribution in [0.1, 0.15) is 39.5 Å². The van der Waals surface area contributed by atoms with Gasteiger partial charge in [0.2, 0.25) is 17.7 Å². The van der Waals surface area contributed by atoms with Gasteiger partial charge in [0.1, 0.15) is 12.1 Å². The quantitative estimate of drug-likeness (QED) is 0.134. The summed E-state index contributed by atoms with van der Waals surface area (Å²) in [7, 11) is 0. The van der Waals surface area contributed by atoms with Crippen LogP contribution in [-0.4, -0.2) is 65.8 Å². The first-order valence-electron chi connectivity index (χ1n) is 9.34. The molecule has 0 rings (SSSR count). The molecule has 0 aliphatic carbocycles. The molecule has 0 spiro atoms. The van der Waals surface area contributed by atoms with Crippen LogP contribution in [0.5, 0.6) is 0 Å². The molecule has 0 aliphatic heterocycles. The van der Waals surface area contributed by atoms with E-state index >= 15 is 0 Å². The maximum absolute atomic E-state index is 12.6. The van der Waals surface area contributed by atoms with Crippen molar-refractivity contribution in [2.45, 2.75) is 57.7 Å². The monoisotopic (exact) mass is 419 g/mol. The summed E-state index contributed by atoms with van der Waals surface area (Å²) < 4.78 is 0. The van der Waals surface area contributed by atoms with Gasteiger partial charge in [-0.2, -0.15) is 12.6 Å². The maximum atomic E-state index is 12.6. The fourth-order valence-corrected chi connectivity index (χ4v) is 2.49. The van der Waals surface area contributed by atoms with Gasteiger partial charge in [0.15, 0.2) is 0 Å². The molecule has 10 nitrogen and oxygen atoms in total. The van der Waals surface area contributed by atoms with Crippen molar-refractivity contribution in [3.63, 3.8) is 0 Å². The Balaban J connectivity index is 4.95. The van der Waals surface area contributed by atoms with Gasteiger partial charge in [0.05, 0.1) is 12.6 Å². The summed E-state index contributed by atoms with van der Waals surface area (Å²) in [6.07, 6.45) is 2.10. The second kappa shape index (κ2) is 14.2. The van der Waals surface area contributed by atoms with E-state index in [1.807, 2.05) is 6.92 Å². The van der Waals surface area contributed by atoms with Gasteiger partial charge >= 0.3 is 5.97 Å². The van der Waals surface area contributed by atoms with E-state index in [-0.39, 0.29) is 18.2 Å². The SMILES string of the molecule is CCC(C)C(NC(=O)C(CCCCN)NC(=O)CNC(=O)C(N)CS)C(=O)O. The molecule has 0 aromatic heterocycles. The molecule has 11 heteroatoms. The summed E-state index contributed by atoms with van der Waals surface area (Å²) in [5, 5.41) is 16.7.